The number of anilines is 2. The van der Waals surface area contributed by atoms with Gasteiger partial charge in [0, 0.05) is 5.69 Å². The minimum Gasteiger partial charge on any atom is -0.491 e. The van der Waals surface area contributed by atoms with Gasteiger partial charge in [0.15, 0.2) is 0 Å². The molecule has 0 saturated carbocycles. The number of hydrogen-bond acceptors (Lipinski definition) is 4. The van der Waals surface area contributed by atoms with Gasteiger partial charge in [0.1, 0.15) is 17.3 Å². The minimum absolute atomic E-state index is 0.0899. The van der Waals surface area contributed by atoms with Crippen molar-refractivity contribution in [1.82, 2.24) is 0 Å². The van der Waals surface area contributed by atoms with Crippen LogP contribution in [0.5, 0.6) is 5.75 Å². The van der Waals surface area contributed by atoms with Gasteiger partial charge < -0.3 is 10.1 Å². The van der Waals surface area contributed by atoms with Crippen molar-refractivity contribution >= 4 is 28.8 Å². The van der Waals surface area contributed by atoms with E-state index >= 15 is 0 Å². The standard InChI is InChI=1S/C25H21FN2O3/c1-2-15-31-21-14-7-6-13-20(21)28-24(29)22(17-9-4-3-5-10-17)23(25(28)30)27-19-12-8-11-18(26)16-19/h3-14,16,27H,2,15H2,1H3. The summed E-state index contributed by atoms with van der Waals surface area (Å²) in [4.78, 5) is 28.0. The second-order valence-corrected chi connectivity index (χ2v) is 7.01. The van der Waals surface area contributed by atoms with Gasteiger partial charge in [0.25, 0.3) is 11.8 Å². The third-order valence-corrected chi connectivity index (χ3v) is 4.81. The van der Waals surface area contributed by atoms with Crippen LogP contribution < -0.4 is 15.0 Å². The lowest BCUT2D eigenvalue weighted by molar-refractivity contribution is -0.120. The maximum atomic E-state index is 13.7. The molecule has 1 aliphatic heterocycles. The van der Waals surface area contributed by atoms with Crippen molar-refractivity contribution in [1.29, 1.82) is 0 Å². The van der Waals surface area contributed by atoms with E-state index < -0.39 is 17.6 Å². The maximum absolute atomic E-state index is 13.7. The summed E-state index contributed by atoms with van der Waals surface area (Å²) in [6.07, 6.45) is 0.788. The molecule has 0 spiro atoms. The molecule has 2 amide bonds. The van der Waals surface area contributed by atoms with E-state index in [1.807, 2.05) is 13.0 Å². The number of nitrogens with zero attached hydrogens (tertiary/aromatic N) is 1. The monoisotopic (exact) mass is 416 g/mol. The van der Waals surface area contributed by atoms with Gasteiger partial charge in [-0.2, -0.15) is 0 Å². The summed E-state index contributed by atoms with van der Waals surface area (Å²) in [6.45, 7) is 2.44. The molecule has 4 rings (SSSR count). The normalized spacial score (nSPS) is 13.7. The van der Waals surface area contributed by atoms with E-state index in [1.54, 1.807) is 54.6 Å². The zero-order valence-corrected chi connectivity index (χ0v) is 17.0. The van der Waals surface area contributed by atoms with E-state index in [0.29, 0.717) is 29.3 Å². The summed E-state index contributed by atoms with van der Waals surface area (Å²) in [7, 11) is 0. The van der Waals surface area contributed by atoms with Crippen LogP contribution in [0.3, 0.4) is 0 Å². The summed E-state index contributed by atoms with van der Waals surface area (Å²) in [5.41, 5.74) is 1.65. The van der Waals surface area contributed by atoms with Crippen molar-refractivity contribution in [2.45, 2.75) is 13.3 Å². The van der Waals surface area contributed by atoms with E-state index in [-0.39, 0.29) is 11.3 Å². The molecule has 6 heteroatoms. The first-order valence-corrected chi connectivity index (χ1v) is 10.0. The zero-order chi connectivity index (χ0) is 21.8. The molecule has 0 atom stereocenters. The van der Waals surface area contributed by atoms with Crippen molar-refractivity contribution in [3.05, 3.63) is 95.9 Å². The van der Waals surface area contributed by atoms with Crippen molar-refractivity contribution in [2.75, 3.05) is 16.8 Å². The summed E-state index contributed by atoms with van der Waals surface area (Å²) < 4.78 is 19.5. The van der Waals surface area contributed by atoms with E-state index in [1.165, 1.54) is 18.2 Å². The third kappa shape index (κ3) is 4.05. The molecule has 156 valence electrons. The van der Waals surface area contributed by atoms with Gasteiger partial charge in [-0.05, 0) is 42.3 Å². The lowest BCUT2D eigenvalue weighted by atomic mass is 10.0. The fraction of sp³-hybridized carbons (Fsp3) is 0.120. The number of hydrogen-bond donors (Lipinski definition) is 1. The van der Waals surface area contributed by atoms with Crippen molar-refractivity contribution in [3.63, 3.8) is 0 Å². The van der Waals surface area contributed by atoms with Gasteiger partial charge in [0.2, 0.25) is 0 Å². The Morgan fingerprint density at radius 1 is 0.903 bits per heavy atom. The second-order valence-electron chi connectivity index (χ2n) is 7.01. The Labute approximate surface area is 179 Å². The van der Waals surface area contributed by atoms with Crippen LogP contribution in [0.25, 0.3) is 5.57 Å². The van der Waals surface area contributed by atoms with Gasteiger partial charge in [-0.3, -0.25) is 9.59 Å². The number of halogens is 1. The van der Waals surface area contributed by atoms with E-state index in [0.717, 1.165) is 11.3 Å². The van der Waals surface area contributed by atoms with Gasteiger partial charge in [-0.15, -0.1) is 0 Å². The number of imide groups is 1. The third-order valence-electron chi connectivity index (χ3n) is 4.81. The van der Waals surface area contributed by atoms with Gasteiger partial charge >= 0.3 is 0 Å². The van der Waals surface area contributed by atoms with Crippen LogP contribution in [0, 0.1) is 5.82 Å². The highest BCUT2D eigenvalue weighted by atomic mass is 19.1. The molecule has 0 unspecified atom stereocenters. The predicted octanol–water partition coefficient (Wildman–Crippen LogP) is 5.01. The lowest BCUT2D eigenvalue weighted by Gasteiger charge is -2.19. The van der Waals surface area contributed by atoms with Crippen LogP contribution in [-0.2, 0) is 9.59 Å². The maximum Gasteiger partial charge on any atom is 0.282 e. The van der Waals surface area contributed by atoms with Crippen molar-refractivity contribution in [3.8, 4) is 5.75 Å². The molecule has 0 radical (unpaired) electrons. The van der Waals surface area contributed by atoms with E-state index in [9.17, 15) is 14.0 Å². The van der Waals surface area contributed by atoms with Crippen LogP contribution in [0.15, 0.2) is 84.6 Å². The Kier molecular flexibility index (Phi) is 5.80. The Balaban J connectivity index is 1.80. The Bertz CT molecular complexity index is 1160. The van der Waals surface area contributed by atoms with Crippen LogP contribution >= 0.6 is 0 Å². The van der Waals surface area contributed by atoms with E-state index in [4.69, 9.17) is 4.74 Å². The van der Waals surface area contributed by atoms with E-state index in [2.05, 4.69) is 5.32 Å². The first-order valence-electron chi connectivity index (χ1n) is 10.0. The molecule has 0 saturated heterocycles. The van der Waals surface area contributed by atoms with Crippen molar-refractivity contribution < 1.29 is 18.7 Å². The fourth-order valence-corrected chi connectivity index (χ4v) is 3.42. The highest BCUT2D eigenvalue weighted by Crippen LogP contribution is 2.37. The molecule has 1 heterocycles. The molecule has 1 aliphatic rings. The molecule has 3 aromatic rings. The Morgan fingerprint density at radius 3 is 2.39 bits per heavy atom. The number of amides is 2. The van der Waals surface area contributed by atoms with Crippen molar-refractivity contribution in [2.24, 2.45) is 0 Å². The number of rotatable bonds is 7. The molecule has 5 nitrogen and oxygen atoms in total. The average molecular weight is 416 g/mol. The van der Waals surface area contributed by atoms with Gasteiger partial charge in [-0.1, -0.05) is 55.5 Å². The first kappa shape index (κ1) is 20.3. The number of para-hydroxylation sites is 2. The van der Waals surface area contributed by atoms with Gasteiger partial charge in [-0.25, -0.2) is 9.29 Å². The topological polar surface area (TPSA) is 58.6 Å². The van der Waals surface area contributed by atoms with Crippen LogP contribution in [0.4, 0.5) is 15.8 Å². The second kappa shape index (κ2) is 8.83. The largest absolute Gasteiger partial charge is 0.491 e. The van der Waals surface area contributed by atoms with Gasteiger partial charge in [0.05, 0.1) is 17.9 Å². The summed E-state index contributed by atoms with van der Waals surface area (Å²) in [5, 5.41) is 2.96. The highest BCUT2D eigenvalue weighted by Gasteiger charge is 2.41. The van der Waals surface area contributed by atoms with Crippen LogP contribution in [-0.4, -0.2) is 18.4 Å². The number of benzene rings is 3. The SMILES string of the molecule is CCCOc1ccccc1N1C(=O)C(Nc2cccc(F)c2)=C(c2ccccc2)C1=O. The first-order chi connectivity index (χ1) is 15.1. The smallest absolute Gasteiger partial charge is 0.282 e. The molecule has 1 N–H and O–H groups in total. The molecule has 0 aromatic heterocycles. The van der Waals surface area contributed by atoms with Crippen LogP contribution in [0.1, 0.15) is 18.9 Å². The Hall–Kier alpha value is -3.93. The summed E-state index contributed by atoms with van der Waals surface area (Å²) in [5.74, 6) is -0.993. The molecule has 0 fully saturated rings. The minimum atomic E-state index is -0.527. The number of ether oxygens (including phenoxy) is 1. The fourth-order valence-electron chi connectivity index (χ4n) is 3.42. The number of carbonyl (C=O) groups excluding carboxylic acids is 2. The zero-order valence-electron chi connectivity index (χ0n) is 17.0. The molecule has 3 aromatic carbocycles. The Morgan fingerprint density at radius 2 is 1.65 bits per heavy atom. The molecule has 0 aliphatic carbocycles. The molecular weight excluding hydrogens is 395 g/mol. The summed E-state index contributed by atoms with van der Waals surface area (Å²) >= 11 is 0. The predicted molar refractivity (Wildman–Crippen MR) is 118 cm³/mol. The highest BCUT2D eigenvalue weighted by molar-refractivity contribution is 6.46. The number of carbonyl (C=O) groups is 2. The quantitative estimate of drug-likeness (QED) is 0.550. The van der Waals surface area contributed by atoms with Crippen LogP contribution in [0.2, 0.25) is 0 Å². The molecule has 0 bridgehead atoms. The molecule has 31 heavy (non-hydrogen) atoms. The molecular formula is C25H21FN2O3. The lowest BCUT2D eigenvalue weighted by Crippen LogP contribution is -2.32. The summed E-state index contributed by atoms with van der Waals surface area (Å²) in [6, 6.07) is 21.6. The average Bonchev–Trinajstić information content (AvgIpc) is 3.02. The number of nitrogens with one attached hydrogen (secondary N) is 1.